The van der Waals surface area contributed by atoms with Gasteiger partial charge >= 0.3 is 5.97 Å². The largest absolute Gasteiger partial charge is 0.462 e. The van der Waals surface area contributed by atoms with Crippen molar-refractivity contribution >= 4 is 29.4 Å². The molecule has 0 radical (unpaired) electrons. The van der Waals surface area contributed by atoms with E-state index >= 15 is 0 Å². The fourth-order valence-electron chi connectivity index (χ4n) is 5.09. The van der Waals surface area contributed by atoms with Crippen LogP contribution in [0.1, 0.15) is 94.5 Å². The molecule has 1 aliphatic heterocycles. The molecule has 0 saturated carbocycles. The lowest BCUT2D eigenvalue weighted by Crippen LogP contribution is -2.36. The van der Waals surface area contributed by atoms with Gasteiger partial charge in [-0.2, -0.15) is 5.10 Å². The van der Waals surface area contributed by atoms with Crippen LogP contribution in [0.4, 0.5) is 0 Å². The van der Waals surface area contributed by atoms with Gasteiger partial charge in [0.15, 0.2) is 5.69 Å². The third kappa shape index (κ3) is 6.64. The molecule has 3 aromatic rings. The summed E-state index contributed by atoms with van der Waals surface area (Å²) >= 11 is 6.73. The second-order valence-corrected chi connectivity index (χ2v) is 10.7. The molecule has 41 heavy (non-hydrogen) atoms. The Morgan fingerprint density at radius 3 is 2.34 bits per heavy atom. The maximum absolute atomic E-state index is 14.0. The van der Waals surface area contributed by atoms with Crippen molar-refractivity contribution in [2.24, 2.45) is 0 Å². The number of amides is 2. The van der Waals surface area contributed by atoms with E-state index in [0.29, 0.717) is 43.1 Å². The molecule has 2 heterocycles. The molecule has 4 rings (SSSR count). The van der Waals surface area contributed by atoms with Gasteiger partial charge in [-0.25, -0.2) is 9.48 Å². The molecule has 218 valence electrons. The molecule has 2 aromatic carbocycles. The van der Waals surface area contributed by atoms with Crippen molar-refractivity contribution in [1.82, 2.24) is 19.6 Å². The van der Waals surface area contributed by atoms with E-state index in [1.165, 1.54) is 5.56 Å². The van der Waals surface area contributed by atoms with E-state index < -0.39 is 5.97 Å². The van der Waals surface area contributed by atoms with Gasteiger partial charge in [0, 0.05) is 26.2 Å². The lowest BCUT2D eigenvalue weighted by atomic mass is 9.98. The molecule has 8 nitrogen and oxygen atoms in total. The zero-order valence-corrected chi connectivity index (χ0v) is 25.2. The lowest BCUT2D eigenvalue weighted by Gasteiger charge is -2.29. The van der Waals surface area contributed by atoms with Crippen LogP contribution in [-0.2, 0) is 17.7 Å². The van der Waals surface area contributed by atoms with Crippen LogP contribution in [-0.4, -0.2) is 63.6 Å². The van der Waals surface area contributed by atoms with Gasteiger partial charge in [0.25, 0.3) is 11.8 Å². The predicted octanol–water partition coefficient (Wildman–Crippen LogP) is 6.25. The minimum absolute atomic E-state index is 0.163. The molecule has 0 bridgehead atoms. The van der Waals surface area contributed by atoms with Gasteiger partial charge in [-0.3, -0.25) is 9.59 Å². The summed E-state index contributed by atoms with van der Waals surface area (Å²) in [7, 11) is 0. The topological polar surface area (TPSA) is 84.7 Å². The minimum Gasteiger partial charge on any atom is -0.462 e. The molecule has 0 atom stereocenters. The summed E-state index contributed by atoms with van der Waals surface area (Å²) in [6.07, 6.45) is 4.46. The molecular formula is C32H39ClN4O4. The highest BCUT2D eigenvalue weighted by Gasteiger charge is 2.29. The summed E-state index contributed by atoms with van der Waals surface area (Å²) < 4.78 is 6.76. The maximum Gasteiger partial charge on any atom is 0.338 e. The van der Waals surface area contributed by atoms with Gasteiger partial charge in [0.05, 0.1) is 34.1 Å². The fraction of sp³-hybridized carbons (Fsp3) is 0.438. The third-order valence-electron chi connectivity index (χ3n) is 7.48. The van der Waals surface area contributed by atoms with Crippen molar-refractivity contribution in [3.8, 4) is 5.69 Å². The Morgan fingerprint density at radius 1 is 1.00 bits per heavy atom. The standard InChI is InChI=1S/C32H39ClN4O4/c1-5-8-17-35(18-9-6-2)31(39)29-28(33)22(4)37(34-29)27-15-14-24(32(40)41-7-3)20-26(27)30(38)36-19-16-23-12-10-11-13-25(23)21-36/h10-15,20H,5-9,16-19,21H2,1-4H3. The van der Waals surface area contributed by atoms with E-state index in [0.717, 1.165) is 37.7 Å². The Labute approximate surface area is 247 Å². The number of nitrogens with zero attached hydrogens (tertiary/aromatic N) is 4. The Bertz CT molecular complexity index is 1410. The van der Waals surface area contributed by atoms with Crippen molar-refractivity contribution in [3.63, 3.8) is 0 Å². The number of halogens is 1. The van der Waals surface area contributed by atoms with Crippen LogP contribution in [0.5, 0.6) is 0 Å². The van der Waals surface area contributed by atoms with Gasteiger partial charge in [-0.05, 0) is 62.4 Å². The van der Waals surface area contributed by atoms with E-state index in [1.54, 1.807) is 41.6 Å². The predicted molar refractivity (Wildman–Crippen MR) is 160 cm³/mol. The second-order valence-electron chi connectivity index (χ2n) is 10.4. The number of hydrogen-bond acceptors (Lipinski definition) is 5. The Hall–Kier alpha value is -3.65. The molecule has 0 aliphatic carbocycles. The first-order valence-electron chi connectivity index (χ1n) is 14.5. The van der Waals surface area contributed by atoms with Gasteiger partial charge in [-0.15, -0.1) is 0 Å². The van der Waals surface area contributed by atoms with Crippen molar-refractivity contribution in [3.05, 3.63) is 81.1 Å². The van der Waals surface area contributed by atoms with E-state index in [-0.39, 0.29) is 34.7 Å². The van der Waals surface area contributed by atoms with Gasteiger partial charge < -0.3 is 14.5 Å². The summed E-state index contributed by atoms with van der Waals surface area (Å²) in [4.78, 5) is 43.9. The highest BCUT2D eigenvalue weighted by Crippen LogP contribution is 2.29. The van der Waals surface area contributed by atoms with E-state index in [9.17, 15) is 14.4 Å². The maximum atomic E-state index is 14.0. The summed E-state index contributed by atoms with van der Waals surface area (Å²) in [5, 5.41) is 4.92. The SMILES string of the molecule is CCCCN(CCCC)C(=O)c1nn(-c2ccc(C(=O)OCC)cc2C(=O)N2CCc3ccccc3C2)c(C)c1Cl. The Morgan fingerprint density at radius 2 is 1.68 bits per heavy atom. The number of ether oxygens (including phenoxy) is 1. The van der Waals surface area contributed by atoms with Crippen molar-refractivity contribution in [1.29, 1.82) is 0 Å². The molecule has 0 saturated heterocycles. The number of fused-ring (bicyclic) bond motifs is 1. The molecule has 9 heteroatoms. The van der Waals surface area contributed by atoms with Crippen LogP contribution in [0.25, 0.3) is 5.69 Å². The van der Waals surface area contributed by atoms with Crippen LogP contribution in [0.15, 0.2) is 42.5 Å². The summed E-state index contributed by atoms with van der Waals surface area (Å²) in [6, 6.07) is 12.9. The number of unbranched alkanes of at least 4 members (excludes halogenated alkanes) is 2. The number of hydrogen-bond donors (Lipinski definition) is 0. The molecule has 1 aromatic heterocycles. The molecule has 0 fully saturated rings. The lowest BCUT2D eigenvalue weighted by molar-refractivity contribution is 0.0526. The molecule has 0 unspecified atom stereocenters. The summed E-state index contributed by atoms with van der Waals surface area (Å²) in [5.41, 5.74) is 4.05. The highest BCUT2D eigenvalue weighted by atomic mass is 35.5. The first-order valence-corrected chi connectivity index (χ1v) is 14.9. The number of rotatable bonds is 11. The Balaban J connectivity index is 1.75. The molecule has 2 amide bonds. The van der Waals surface area contributed by atoms with E-state index in [2.05, 4.69) is 25.0 Å². The molecule has 1 aliphatic rings. The molecule has 0 N–H and O–H groups in total. The van der Waals surface area contributed by atoms with Crippen LogP contribution >= 0.6 is 11.6 Å². The smallest absolute Gasteiger partial charge is 0.338 e. The van der Waals surface area contributed by atoms with Crippen molar-refractivity contribution in [2.45, 2.75) is 66.3 Å². The second kappa shape index (κ2) is 13.8. The first-order chi connectivity index (χ1) is 19.8. The van der Waals surface area contributed by atoms with E-state index in [4.69, 9.17) is 16.3 Å². The van der Waals surface area contributed by atoms with Crippen LogP contribution in [0.3, 0.4) is 0 Å². The normalized spacial score (nSPS) is 12.7. The summed E-state index contributed by atoms with van der Waals surface area (Å²) in [5.74, 6) is -0.958. The third-order valence-corrected chi connectivity index (χ3v) is 7.93. The van der Waals surface area contributed by atoms with Gasteiger partial charge in [0.1, 0.15) is 0 Å². The molecular weight excluding hydrogens is 540 g/mol. The average Bonchev–Trinajstić information content (AvgIpc) is 3.29. The number of aromatic nitrogens is 2. The van der Waals surface area contributed by atoms with Crippen molar-refractivity contribution in [2.75, 3.05) is 26.2 Å². The zero-order valence-electron chi connectivity index (χ0n) is 24.4. The van der Waals surface area contributed by atoms with Crippen LogP contribution in [0.2, 0.25) is 5.02 Å². The average molecular weight is 579 g/mol. The number of carbonyl (C=O) groups is 3. The number of esters is 1. The van der Waals surface area contributed by atoms with Gasteiger partial charge in [-0.1, -0.05) is 62.6 Å². The summed E-state index contributed by atoms with van der Waals surface area (Å²) in [6.45, 7) is 10.2. The number of carbonyl (C=O) groups excluding carboxylic acids is 3. The Kier molecular flexibility index (Phi) is 10.2. The van der Waals surface area contributed by atoms with E-state index in [1.807, 2.05) is 23.1 Å². The quantitative estimate of drug-likeness (QED) is 0.251. The van der Waals surface area contributed by atoms with Crippen LogP contribution < -0.4 is 0 Å². The first kappa shape index (κ1) is 30.3. The zero-order chi connectivity index (χ0) is 29.5. The fourth-order valence-corrected chi connectivity index (χ4v) is 5.29. The molecule has 0 spiro atoms. The number of benzene rings is 2. The van der Waals surface area contributed by atoms with Crippen LogP contribution in [0, 0.1) is 6.92 Å². The minimum atomic E-state index is -0.509. The van der Waals surface area contributed by atoms with Crippen molar-refractivity contribution < 1.29 is 19.1 Å². The monoisotopic (exact) mass is 578 g/mol. The highest BCUT2D eigenvalue weighted by molar-refractivity contribution is 6.34. The van der Waals surface area contributed by atoms with Gasteiger partial charge in [0.2, 0.25) is 0 Å².